The first kappa shape index (κ1) is 18.6. The zero-order valence-electron chi connectivity index (χ0n) is 14.3. The summed E-state index contributed by atoms with van der Waals surface area (Å²) in [4.78, 5) is 26.4. The lowest BCUT2D eigenvalue weighted by Crippen LogP contribution is -2.14. The molecule has 0 bridgehead atoms. The highest BCUT2D eigenvalue weighted by Crippen LogP contribution is 2.25. The van der Waals surface area contributed by atoms with Gasteiger partial charge in [0.25, 0.3) is 0 Å². The van der Waals surface area contributed by atoms with E-state index in [0.717, 1.165) is 23.4 Å². The topological polar surface area (TPSA) is 90.1 Å². The minimum atomic E-state index is -0.950. The molecule has 3 rings (SSSR count). The molecule has 1 N–H and O–H groups in total. The van der Waals surface area contributed by atoms with Crippen LogP contribution in [0.4, 0.5) is 15.8 Å². The Labute approximate surface area is 158 Å². The van der Waals surface area contributed by atoms with Crippen molar-refractivity contribution in [2.75, 3.05) is 11.1 Å². The average molecular weight is 386 g/mol. The Balaban J connectivity index is 1.64. The summed E-state index contributed by atoms with van der Waals surface area (Å²) in [6.45, 7) is 0. The molecule has 0 atom stereocenters. The smallest absolute Gasteiger partial charge is 0.306 e. The molecule has 138 valence electrons. The molecule has 0 spiro atoms. The number of nitrogens with one attached hydrogen (secondary N) is 1. The third-order valence-corrected chi connectivity index (χ3v) is 4.82. The van der Waals surface area contributed by atoms with Gasteiger partial charge in [-0.3, -0.25) is 14.9 Å². The molecular formula is C18H15FN4O3S. The Morgan fingerprint density at radius 1 is 1.30 bits per heavy atom. The Kier molecular flexibility index (Phi) is 5.51. The standard InChI is InChI=1S/C18H15FN4O3S/c1-22-16(12-5-3-2-4-6-12)10-20-18(22)27-11-17(24)21-13-7-8-14(19)15(9-13)23(25)26/h2-10H,11H2,1H3,(H,21,24). The molecule has 9 heteroatoms. The molecule has 0 saturated carbocycles. The normalized spacial score (nSPS) is 10.6. The van der Waals surface area contributed by atoms with Gasteiger partial charge in [0.15, 0.2) is 5.16 Å². The molecule has 3 aromatic rings. The van der Waals surface area contributed by atoms with Gasteiger partial charge in [-0.05, 0) is 17.7 Å². The molecule has 0 unspecified atom stereocenters. The third kappa shape index (κ3) is 4.32. The lowest BCUT2D eigenvalue weighted by molar-refractivity contribution is -0.387. The van der Waals surface area contributed by atoms with Crippen LogP contribution >= 0.6 is 11.8 Å². The quantitative estimate of drug-likeness (QED) is 0.395. The van der Waals surface area contributed by atoms with Crippen LogP contribution in [-0.2, 0) is 11.8 Å². The fourth-order valence-electron chi connectivity index (χ4n) is 2.46. The lowest BCUT2D eigenvalue weighted by atomic mass is 10.2. The Bertz CT molecular complexity index is 992. The van der Waals surface area contributed by atoms with Crippen molar-refractivity contribution in [2.24, 2.45) is 7.05 Å². The van der Waals surface area contributed by atoms with Gasteiger partial charge in [-0.15, -0.1) is 0 Å². The van der Waals surface area contributed by atoms with Crippen LogP contribution in [0.5, 0.6) is 0 Å². The molecule has 1 amide bonds. The number of carbonyl (C=O) groups excluding carboxylic acids is 1. The third-order valence-electron chi connectivity index (χ3n) is 3.77. The highest BCUT2D eigenvalue weighted by atomic mass is 32.2. The summed E-state index contributed by atoms with van der Waals surface area (Å²) in [7, 11) is 1.86. The lowest BCUT2D eigenvalue weighted by Gasteiger charge is -2.07. The van der Waals surface area contributed by atoms with E-state index in [1.54, 1.807) is 6.20 Å². The molecule has 1 heterocycles. The van der Waals surface area contributed by atoms with Crippen LogP contribution in [0.25, 0.3) is 11.3 Å². The molecule has 0 radical (unpaired) electrons. The van der Waals surface area contributed by atoms with Crippen LogP contribution in [0.15, 0.2) is 59.9 Å². The maximum atomic E-state index is 13.3. The molecular weight excluding hydrogens is 371 g/mol. The van der Waals surface area contributed by atoms with E-state index < -0.39 is 16.4 Å². The van der Waals surface area contributed by atoms with Crippen molar-refractivity contribution in [3.63, 3.8) is 0 Å². The minimum absolute atomic E-state index is 0.0598. The highest BCUT2D eigenvalue weighted by Gasteiger charge is 2.16. The number of anilines is 1. The number of benzene rings is 2. The van der Waals surface area contributed by atoms with Gasteiger partial charge < -0.3 is 9.88 Å². The largest absolute Gasteiger partial charge is 0.325 e. The maximum absolute atomic E-state index is 13.3. The van der Waals surface area contributed by atoms with Crippen molar-refractivity contribution in [1.82, 2.24) is 9.55 Å². The first-order valence-corrected chi connectivity index (χ1v) is 8.88. The molecule has 1 aromatic heterocycles. The van der Waals surface area contributed by atoms with Gasteiger partial charge in [-0.1, -0.05) is 42.1 Å². The first-order valence-electron chi connectivity index (χ1n) is 7.89. The van der Waals surface area contributed by atoms with E-state index in [9.17, 15) is 19.3 Å². The summed E-state index contributed by atoms with van der Waals surface area (Å²) < 4.78 is 15.2. The number of nitrogens with zero attached hydrogens (tertiary/aromatic N) is 3. The van der Waals surface area contributed by atoms with Crippen molar-refractivity contribution < 1.29 is 14.1 Å². The molecule has 0 aliphatic carbocycles. The van der Waals surface area contributed by atoms with E-state index in [1.807, 2.05) is 41.9 Å². The van der Waals surface area contributed by atoms with Gasteiger partial charge >= 0.3 is 5.69 Å². The van der Waals surface area contributed by atoms with Crippen LogP contribution in [0, 0.1) is 15.9 Å². The van der Waals surface area contributed by atoms with Crippen molar-refractivity contribution in [2.45, 2.75) is 5.16 Å². The van der Waals surface area contributed by atoms with Gasteiger partial charge in [-0.2, -0.15) is 4.39 Å². The van der Waals surface area contributed by atoms with E-state index >= 15 is 0 Å². The summed E-state index contributed by atoms with van der Waals surface area (Å²) in [5.41, 5.74) is 1.42. The second kappa shape index (κ2) is 8.00. The van der Waals surface area contributed by atoms with Crippen LogP contribution in [-0.4, -0.2) is 26.1 Å². The predicted octanol–water partition coefficient (Wildman–Crippen LogP) is 3.87. The summed E-state index contributed by atoms with van der Waals surface area (Å²) >= 11 is 1.24. The number of nitro groups is 1. The van der Waals surface area contributed by atoms with Crippen molar-refractivity contribution in [1.29, 1.82) is 0 Å². The van der Waals surface area contributed by atoms with Crippen molar-refractivity contribution in [3.05, 3.63) is 70.7 Å². The molecule has 0 aliphatic rings. The van der Waals surface area contributed by atoms with Crippen molar-refractivity contribution >= 4 is 29.0 Å². The zero-order valence-corrected chi connectivity index (χ0v) is 15.1. The fourth-order valence-corrected chi connectivity index (χ4v) is 3.21. The van der Waals surface area contributed by atoms with Crippen LogP contribution in [0.3, 0.4) is 0 Å². The number of hydrogen-bond donors (Lipinski definition) is 1. The molecule has 2 aromatic carbocycles. The number of nitro benzene ring substituents is 1. The van der Waals surface area contributed by atoms with Crippen LogP contribution < -0.4 is 5.32 Å². The number of amides is 1. The molecule has 0 saturated heterocycles. The minimum Gasteiger partial charge on any atom is -0.325 e. The zero-order chi connectivity index (χ0) is 19.4. The molecule has 0 aliphatic heterocycles. The SMILES string of the molecule is Cn1c(-c2ccccc2)cnc1SCC(=O)Nc1ccc(F)c([N+](=O)[O-])c1. The van der Waals surface area contributed by atoms with E-state index in [0.29, 0.717) is 5.16 Å². The van der Waals surface area contributed by atoms with E-state index in [2.05, 4.69) is 10.3 Å². The van der Waals surface area contributed by atoms with E-state index in [1.165, 1.54) is 17.8 Å². The average Bonchev–Trinajstić information content (AvgIpc) is 3.02. The molecule has 7 nitrogen and oxygen atoms in total. The summed E-state index contributed by atoms with van der Waals surface area (Å²) in [5.74, 6) is -1.26. The number of rotatable bonds is 6. The van der Waals surface area contributed by atoms with E-state index in [4.69, 9.17) is 0 Å². The number of aromatic nitrogens is 2. The summed E-state index contributed by atoms with van der Waals surface area (Å²) in [6, 6.07) is 13.0. The second-order valence-electron chi connectivity index (χ2n) is 5.61. The Hall–Kier alpha value is -3.20. The van der Waals surface area contributed by atoms with Gasteiger partial charge in [0.2, 0.25) is 11.7 Å². The first-order chi connectivity index (χ1) is 13.0. The number of imidazole rings is 1. The highest BCUT2D eigenvalue weighted by molar-refractivity contribution is 7.99. The Morgan fingerprint density at radius 3 is 2.74 bits per heavy atom. The van der Waals surface area contributed by atoms with Gasteiger partial charge in [0.05, 0.1) is 22.6 Å². The van der Waals surface area contributed by atoms with E-state index in [-0.39, 0.29) is 17.3 Å². The number of hydrogen-bond acceptors (Lipinski definition) is 5. The number of carbonyl (C=O) groups is 1. The maximum Gasteiger partial charge on any atom is 0.306 e. The van der Waals surface area contributed by atoms with Crippen LogP contribution in [0.1, 0.15) is 0 Å². The Morgan fingerprint density at radius 2 is 2.04 bits per heavy atom. The predicted molar refractivity (Wildman–Crippen MR) is 101 cm³/mol. The summed E-state index contributed by atoms with van der Waals surface area (Å²) in [6.07, 6.45) is 1.74. The van der Waals surface area contributed by atoms with Gasteiger partial charge in [0.1, 0.15) is 0 Å². The number of thioether (sulfide) groups is 1. The number of halogens is 1. The molecule has 27 heavy (non-hydrogen) atoms. The fraction of sp³-hybridized carbons (Fsp3) is 0.111. The molecule has 0 fully saturated rings. The van der Waals surface area contributed by atoms with Gasteiger partial charge in [0, 0.05) is 18.8 Å². The second-order valence-corrected chi connectivity index (χ2v) is 6.55. The van der Waals surface area contributed by atoms with Crippen molar-refractivity contribution in [3.8, 4) is 11.3 Å². The summed E-state index contributed by atoms with van der Waals surface area (Å²) in [5, 5.41) is 14.0. The van der Waals surface area contributed by atoms with Crippen LogP contribution in [0.2, 0.25) is 0 Å². The van der Waals surface area contributed by atoms with Gasteiger partial charge in [-0.25, -0.2) is 4.98 Å². The monoisotopic (exact) mass is 386 g/mol.